The number of nitrogens with one attached hydrogen (secondary N) is 3. The summed E-state index contributed by atoms with van der Waals surface area (Å²) >= 11 is 0.853. The maximum atomic E-state index is 14.5. The molecule has 24 heteroatoms. The van der Waals surface area contributed by atoms with Gasteiger partial charge in [0.15, 0.2) is 11.6 Å². The lowest BCUT2D eigenvalue weighted by Crippen LogP contribution is -2.31. The average molecular weight is 877 g/mol. The predicted molar refractivity (Wildman–Crippen MR) is 207 cm³/mol. The van der Waals surface area contributed by atoms with E-state index in [0.29, 0.717) is 16.9 Å². The Morgan fingerprint density at radius 2 is 1.52 bits per heavy atom. The van der Waals surface area contributed by atoms with Gasteiger partial charge in [-0.15, -0.1) is 8.67 Å². The number of hydrogen-bond donors (Lipinski definition) is 7. The van der Waals surface area contributed by atoms with Gasteiger partial charge in [0.25, 0.3) is 25.8 Å². The summed E-state index contributed by atoms with van der Waals surface area (Å²) in [4.78, 5) is 55.0. The summed E-state index contributed by atoms with van der Waals surface area (Å²) in [5, 5.41) is 32.8. The van der Waals surface area contributed by atoms with Gasteiger partial charge in [-0.05, 0) is 42.0 Å². The van der Waals surface area contributed by atoms with Crippen LogP contribution in [0.1, 0.15) is 31.8 Å². The van der Waals surface area contributed by atoms with Crippen LogP contribution in [-0.2, 0) is 50.8 Å². The topological polar surface area (TPSA) is 295 Å². The molecule has 0 atom stereocenters. The van der Waals surface area contributed by atoms with Crippen LogP contribution >= 0.6 is 24.1 Å². The molecule has 20 nitrogen and oxygen atoms in total. The molecule has 1 heterocycles. The summed E-state index contributed by atoms with van der Waals surface area (Å²) in [6, 6.07) is 17.1. The molecule has 0 aliphatic heterocycles. The average Bonchev–Trinajstić information content (AvgIpc) is 3.18. The van der Waals surface area contributed by atoms with Crippen molar-refractivity contribution in [1.82, 2.24) is 9.88 Å². The number of anilines is 3. The summed E-state index contributed by atoms with van der Waals surface area (Å²) < 4.78 is 76.3. The fraction of sp³-hybridized carbons (Fsp3) is 0.118. The third kappa shape index (κ3) is 8.98. The molecule has 1 aliphatic rings. The number of pyridine rings is 1. The highest BCUT2D eigenvalue weighted by atomic mass is 32.2. The molecule has 0 saturated heterocycles. The number of aryl methyl sites for hydroxylation is 1. The molecular formula is C34H28N4O16S4. The van der Waals surface area contributed by atoms with E-state index in [-0.39, 0.29) is 79.1 Å². The largest absolute Gasteiger partial charge is 0.354 e. The molecule has 5 aromatic rings. The Balaban J connectivity index is 1.53. The number of benzene rings is 4. The van der Waals surface area contributed by atoms with Gasteiger partial charge in [0, 0.05) is 40.6 Å². The molecule has 1 amide bonds. The number of fused-ring (bicyclic) bond motifs is 2. The summed E-state index contributed by atoms with van der Waals surface area (Å²) in [5.41, 5.74) is -0.727. The maximum Gasteiger partial charge on any atom is 0.296 e. The van der Waals surface area contributed by atoms with Gasteiger partial charge in [-0.3, -0.25) is 28.3 Å². The molecule has 6 rings (SSSR count). The van der Waals surface area contributed by atoms with Crippen LogP contribution in [0.5, 0.6) is 0 Å². The number of hydrogen-bond acceptors (Lipinski definition) is 18. The normalized spacial score (nSPS) is 12.4. The van der Waals surface area contributed by atoms with E-state index < -0.39 is 66.1 Å². The Labute approximate surface area is 335 Å². The van der Waals surface area contributed by atoms with Crippen LogP contribution in [0.2, 0.25) is 0 Å². The van der Waals surface area contributed by atoms with Gasteiger partial charge in [0.05, 0.1) is 75.0 Å². The molecule has 0 radical (unpaired) electrons. The van der Waals surface area contributed by atoms with E-state index in [1.807, 2.05) is 0 Å². The van der Waals surface area contributed by atoms with Crippen molar-refractivity contribution >= 4 is 89.8 Å². The third-order valence-electron chi connectivity index (χ3n) is 8.59. The fourth-order valence-electron chi connectivity index (χ4n) is 6.21. The van der Waals surface area contributed by atoms with E-state index in [0.717, 1.165) is 12.1 Å². The number of carbonyl (C=O) groups is 3. The first kappa shape index (κ1) is 42.5. The van der Waals surface area contributed by atoms with E-state index >= 15 is 0 Å². The quantitative estimate of drug-likeness (QED) is 0.0168. The molecule has 1 aromatic heterocycles. The highest BCUT2D eigenvalue weighted by Gasteiger charge is 2.34. The lowest BCUT2D eigenvalue weighted by Gasteiger charge is -2.26. The first-order valence-corrected chi connectivity index (χ1v) is 20.7. The molecule has 304 valence electrons. The van der Waals surface area contributed by atoms with Crippen LogP contribution in [0.25, 0.3) is 22.0 Å². The third-order valence-corrected chi connectivity index (χ3v) is 11.4. The Morgan fingerprint density at radius 3 is 2.21 bits per heavy atom. The van der Waals surface area contributed by atoms with Crippen molar-refractivity contribution in [2.24, 2.45) is 7.05 Å². The second-order valence-corrected chi connectivity index (χ2v) is 16.6. The standard InChI is InChI=1S/C34H28N4O16S4/c1-38-24-10-9-21(36-22-14-23(37-27(39)16-35-11-12-57(45,46)47)26(58(48,49)50)15-25(22)56-54-52-44)29-30(24)28(19-7-2-3-8-20(19)33(29)41)31(34(38)42)32(40)17-5-4-6-18(13-17)55-53-51-43/h2-10,13-15,35-36,43-44H,11-12,16H2,1H3,(H,37,39)(H,45,46,47)(H,48,49,50). The van der Waals surface area contributed by atoms with Gasteiger partial charge >= 0.3 is 0 Å². The van der Waals surface area contributed by atoms with Gasteiger partial charge in [0.2, 0.25) is 5.91 Å². The minimum absolute atomic E-state index is 0.0311. The summed E-state index contributed by atoms with van der Waals surface area (Å²) in [6.45, 7) is -0.915. The lowest BCUT2D eigenvalue weighted by molar-refractivity contribution is -0.432. The molecular weight excluding hydrogens is 849 g/mol. The zero-order chi connectivity index (χ0) is 41.9. The second-order valence-electron chi connectivity index (χ2n) is 12.1. The van der Waals surface area contributed by atoms with Gasteiger partial charge in [-0.2, -0.15) is 16.8 Å². The van der Waals surface area contributed by atoms with Crippen molar-refractivity contribution < 1.29 is 69.6 Å². The number of ketones is 2. The highest BCUT2D eigenvalue weighted by molar-refractivity contribution is 7.95. The van der Waals surface area contributed by atoms with Crippen LogP contribution in [0.15, 0.2) is 92.3 Å². The fourth-order valence-corrected chi connectivity index (χ4v) is 8.23. The van der Waals surface area contributed by atoms with E-state index in [9.17, 15) is 40.6 Å². The van der Waals surface area contributed by atoms with E-state index in [1.165, 1.54) is 48.0 Å². The SMILES string of the molecule is Cn1c(=O)c(C(=O)c2cccc(SOOO)c2)c2c3c(c(Nc4cc(NC(=O)CNCCS(=O)(=O)O)c(S(=O)(=O)O)cc4SOOO)ccc31)C(=O)c1ccccc1-2. The Morgan fingerprint density at radius 1 is 0.810 bits per heavy atom. The Kier molecular flexibility index (Phi) is 12.8. The van der Waals surface area contributed by atoms with Crippen molar-refractivity contribution in [2.75, 3.05) is 29.5 Å². The molecule has 0 bridgehead atoms. The van der Waals surface area contributed by atoms with Crippen LogP contribution in [-0.4, -0.2) is 77.3 Å². The number of amides is 1. The molecule has 0 spiro atoms. The van der Waals surface area contributed by atoms with Gasteiger partial charge in [0.1, 0.15) is 4.90 Å². The molecule has 1 aliphatic carbocycles. The number of carbonyl (C=O) groups excluding carboxylic acids is 3. The van der Waals surface area contributed by atoms with Crippen molar-refractivity contribution in [3.63, 3.8) is 0 Å². The van der Waals surface area contributed by atoms with Gasteiger partial charge < -0.3 is 20.5 Å². The van der Waals surface area contributed by atoms with E-state index in [1.54, 1.807) is 24.3 Å². The monoisotopic (exact) mass is 876 g/mol. The van der Waals surface area contributed by atoms with E-state index in [4.69, 9.17) is 15.1 Å². The Hall–Kier alpha value is -5.06. The lowest BCUT2D eigenvalue weighted by atomic mass is 9.80. The summed E-state index contributed by atoms with van der Waals surface area (Å²) in [5.74, 6) is -2.90. The predicted octanol–water partition coefficient (Wildman–Crippen LogP) is 4.24. The van der Waals surface area contributed by atoms with Crippen LogP contribution < -0.4 is 21.5 Å². The van der Waals surface area contributed by atoms with Crippen LogP contribution in [0, 0.1) is 0 Å². The van der Waals surface area contributed by atoms with Crippen molar-refractivity contribution in [3.8, 4) is 11.1 Å². The zero-order valence-electron chi connectivity index (χ0n) is 29.3. The number of rotatable bonds is 17. The van der Waals surface area contributed by atoms with Crippen molar-refractivity contribution in [3.05, 3.63) is 105 Å². The zero-order valence-corrected chi connectivity index (χ0v) is 32.6. The summed E-state index contributed by atoms with van der Waals surface area (Å²) in [7, 11) is -8.02. The van der Waals surface area contributed by atoms with Crippen molar-refractivity contribution in [1.29, 1.82) is 0 Å². The molecule has 58 heavy (non-hydrogen) atoms. The smallest absolute Gasteiger partial charge is 0.296 e. The number of nitrogens with zero attached hydrogens (tertiary/aromatic N) is 1. The molecule has 0 fully saturated rings. The minimum Gasteiger partial charge on any atom is -0.354 e. The highest BCUT2D eigenvalue weighted by Crippen LogP contribution is 2.45. The molecule has 4 aromatic carbocycles. The van der Waals surface area contributed by atoms with Crippen molar-refractivity contribution in [2.45, 2.75) is 14.7 Å². The first-order valence-electron chi connectivity index (χ1n) is 16.2. The minimum atomic E-state index is -5.08. The maximum absolute atomic E-state index is 14.5. The van der Waals surface area contributed by atoms with Crippen LogP contribution in [0.4, 0.5) is 17.1 Å². The molecule has 0 saturated carbocycles. The molecule has 7 N–H and O–H groups in total. The Bertz CT molecular complexity index is 2780. The van der Waals surface area contributed by atoms with Gasteiger partial charge in [-0.1, -0.05) is 46.5 Å². The molecule has 0 unspecified atom stereocenters. The number of aromatic nitrogens is 1. The van der Waals surface area contributed by atoms with Crippen LogP contribution in [0.3, 0.4) is 0 Å². The second kappa shape index (κ2) is 17.4. The first-order chi connectivity index (χ1) is 27.5. The van der Waals surface area contributed by atoms with Gasteiger partial charge in [-0.25, -0.2) is 10.5 Å². The van der Waals surface area contributed by atoms with E-state index in [2.05, 4.69) is 34.7 Å². The summed E-state index contributed by atoms with van der Waals surface area (Å²) in [6.07, 6.45) is 0.